The average Bonchev–Trinajstić information content (AvgIpc) is 3.25. The molecule has 3 rings (SSSR count). The molecule has 2 amide bonds. The van der Waals surface area contributed by atoms with Gasteiger partial charge in [-0.05, 0) is 74.2 Å². The molecule has 0 saturated heterocycles. The maximum atomic E-state index is 12.8. The summed E-state index contributed by atoms with van der Waals surface area (Å²) in [6.45, 7) is 5.16. The van der Waals surface area contributed by atoms with Crippen LogP contribution in [0.25, 0.3) is 10.4 Å². The Morgan fingerprint density at radius 3 is 2.12 bits per heavy atom. The molecule has 0 aliphatic carbocycles. The van der Waals surface area contributed by atoms with Crippen molar-refractivity contribution in [3.05, 3.63) is 71.6 Å². The number of nitrogens with zero attached hydrogens (tertiary/aromatic N) is 1. The number of anilines is 1. The van der Waals surface area contributed by atoms with E-state index in [1.807, 2.05) is 29.6 Å². The van der Waals surface area contributed by atoms with E-state index in [1.165, 1.54) is 24.3 Å². The molecule has 2 aromatic carbocycles. The van der Waals surface area contributed by atoms with Gasteiger partial charge in [0.15, 0.2) is 0 Å². The number of carbonyl (C=O) groups excluding carboxylic acids is 2. The van der Waals surface area contributed by atoms with Crippen molar-refractivity contribution in [2.24, 2.45) is 5.14 Å². The standard InChI is InChI=1S/C22H23N3O5S2/c1-22(2,3)30-21(27)25(17-10-6-15(7-11-17)19-5-4-14-31-19)24-20(26)16-8-12-18(13-9-16)32(23,28)29/h4-14H,1-3H3,(H,24,26)(H2,23,28,29). The van der Waals surface area contributed by atoms with Crippen molar-refractivity contribution in [1.29, 1.82) is 0 Å². The fourth-order valence-electron chi connectivity index (χ4n) is 2.70. The van der Waals surface area contributed by atoms with Gasteiger partial charge in [-0.15, -0.1) is 11.3 Å². The molecule has 0 fully saturated rings. The molecular weight excluding hydrogens is 450 g/mol. The van der Waals surface area contributed by atoms with Gasteiger partial charge in [-0.2, -0.15) is 5.01 Å². The summed E-state index contributed by atoms with van der Waals surface area (Å²) < 4.78 is 28.3. The Morgan fingerprint density at radius 1 is 1.00 bits per heavy atom. The zero-order chi connectivity index (χ0) is 23.5. The second kappa shape index (κ2) is 9.11. The lowest BCUT2D eigenvalue weighted by Gasteiger charge is -2.27. The van der Waals surface area contributed by atoms with Gasteiger partial charge in [0.2, 0.25) is 10.0 Å². The van der Waals surface area contributed by atoms with Crippen LogP contribution in [-0.2, 0) is 14.8 Å². The van der Waals surface area contributed by atoms with E-state index >= 15 is 0 Å². The third-order valence-electron chi connectivity index (χ3n) is 4.17. The summed E-state index contributed by atoms with van der Waals surface area (Å²) in [4.78, 5) is 26.5. The van der Waals surface area contributed by atoms with Crippen LogP contribution in [0.15, 0.2) is 70.9 Å². The fraction of sp³-hybridized carbons (Fsp3) is 0.182. The van der Waals surface area contributed by atoms with E-state index in [2.05, 4.69) is 5.43 Å². The highest BCUT2D eigenvalue weighted by atomic mass is 32.2. The maximum Gasteiger partial charge on any atom is 0.434 e. The minimum atomic E-state index is -3.88. The Balaban J connectivity index is 1.87. The SMILES string of the molecule is CC(C)(C)OC(=O)N(NC(=O)c1ccc(S(N)(=O)=O)cc1)c1ccc(-c2cccs2)cc1. The number of carbonyl (C=O) groups is 2. The van der Waals surface area contributed by atoms with Crippen molar-refractivity contribution in [1.82, 2.24) is 5.43 Å². The van der Waals surface area contributed by atoms with E-state index in [4.69, 9.17) is 9.88 Å². The first-order chi connectivity index (χ1) is 14.9. The van der Waals surface area contributed by atoms with E-state index in [-0.39, 0.29) is 10.5 Å². The highest BCUT2D eigenvalue weighted by Crippen LogP contribution is 2.27. The number of sulfonamides is 1. The molecule has 0 atom stereocenters. The van der Waals surface area contributed by atoms with Crippen molar-refractivity contribution in [2.75, 3.05) is 5.01 Å². The van der Waals surface area contributed by atoms with Crippen LogP contribution in [0.3, 0.4) is 0 Å². The number of nitrogens with two attached hydrogens (primary N) is 1. The van der Waals surface area contributed by atoms with Crippen LogP contribution in [0.2, 0.25) is 0 Å². The molecule has 3 aromatic rings. The predicted octanol–water partition coefficient (Wildman–Crippen LogP) is 4.15. The van der Waals surface area contributed by atoms with E-state index in [0.717, 1.165) is 15.4 Å². The topological polar surface area (TPSA) is 119 Å². The van der Waals surface area contributed by atoms with Gasteiger partial charge in [0, 0.05) is 10.4 Å². The van der Waals surface area contributed by atoms with Crippen molar-refractivity contribution in [2.45, 2.75) is 31.3 Å². The van der Waals surface area contributed by atoms with Gasteiger partial charge in [0.1, 0.15) is 5.60 Å². The Bertz CT molecular complexity index is 1200. The largest absolute Gasteiger partial charge is 0.442 e. The average molecular weight is 474 g/mol. The minimum absolute atomic E-state index is 0.123. The normalized spacial score (nSPS) is 11.6. The van der Waals surface area contributed by atoms with Gasteiger partial charge in [-0.3, -0.25) is 10.2 Å². The van der Waals surface area contributed by atoms with E-state index in [1.54, 1.807) is 44.2 Å². The number of benzene rings is 2. The Kier molecular flexibility index (Phi) is 6.68. The molecule has 10 heteroatoms. The number of primary sulfonamides is 1. The molecule has 3 N–H and O–H groups in total. The van der Waals surface area contributed by atoms with Crippen LogP contribution in [0.1, 0.15) is 31.1 Å². The Morgan fingerprint density at radius 2 is 1.62 bits per heavy atom. The zero-order valence-electron chi connectivity index (χ0n) is 17.7. The quantitative estimate of drug-likeness (QED) is 0.552. The molecule has 32 heavy (non-hydrogen) atoms. The molecule has 1 heterocycles. The number of hydrogen-bond acceptors (Lipinski definition) is 6. The lowest BCUT2D eigenvalue weighted by molar-refractivity contribution is 0.0548. The van der Waals surface area contributed by atoms with Gasteiger partial charge < -0.3 is 4.74 Å². The summed E-state index contributed by atoms with van der Waals surface area (Å²) in [5, 5.41) is 8.07. The molecule has 0 aliphatic rings. The van der Waals surface area contributed by atoms with Crippen molar-refractivity contribution in [3.8, 4) is 10.4 Å². The van der Waals surface area contributed by atoms with Crippen LogP contribution in [0, 0.1) is 0 Å². The summed E-state index contributed by atoms with van der Waals surface area (Å²) >= 11 is 1.59. The van der Waals surface area contributed by atoms with E-state index < -0.39 is 27.6 Å². The first-order valence-electron chi connectivity index (χ1n) is 9.55. The van der Waals surface area contributed by atoms with Crippen LogP contribution >= 0.6 is 11.3 Å². The Labute approximate surface area is 190 Å². The molecule has 8 nitrogen and oxygen atoms in total. The number of hydrogen-bond donors (Lipinski definition) is 2. The summed E-state index contributed by atoms with van der Waals surface area (Å²) in [7, 11) is -3.88. The second-order valence-corrected chi connectivity index (χ2v) is 10.4. The van der Waals surface area contributed by atoms with Crippen LogP contribution in [0.5, 0.6) is 0 Å². The zero-order valence-corrected chi connectivity index (χ0v) is 19.4. The molecule has 0 saturated carbocycles. The number of amides is 2. The van der Waals surface area contributed by atoms with Crippen molar-refractivity contribution < 1.29 is 22.7 Å². The molecule has 1 aromatic heterocycles. The minimum Gasteiger partial charge on any atom is -0.442 e. The number of hydrazine groups is 1. The fourth-order valence-corrected chi connectivity index (χ4v) is 3.95. The van der Waals surface area contributed by atoms with Gasteiger partial charge in [0.05, 0.1) is 10.6 Å². The molecule has 0 aliphatic heterocycles. The second-order valence-electron chi connectivity index (χ2n) is 7.85. The summed E-state index contributed by atoms with van der Waals surface area (Å²) in [5.74, 6) is -0.626. The summed E-state index contributed by atoms with van der Waals surface area (Å²) in [6.07, 6.45) is -0.768. The van der Waals surface area contributed by atoms with Gasteiger partial charge in [-0.1, -0.05) is 18.2 Å². The maximum absolute atomic E-state index is 12.8. The third kappa shape index (κ3) is 5.94. The van der Waals surface area contributed by atoms with E-state index in [9.17, 15) is 18.0 Å². The third-order valence-corrected chi connectivity index (χ3v) is 6.01. The lowest BCUT2D eigenvalue weighted by atomic mass is 10.1. The van der Waals surface area contributed by atoms with Gasteiger partial charge >= 0.3 is 6.09 Å². The van der Waals surface area contributed by atoms with Crippen molar-refractivity contribution in [3.63, 3.8) is 0 Å². The number of nitrogens with one attached hydrogen (secondary N) is 1. The van der Waals surface area contributed by atoms with Crippen LogP contribution in [0.4, 0.5) is 10.5 Å². The number of thiophene rings is 1. The number of rotatable bonds is 4. The molecular formula is C22H23N3O5S2. The van der Waals surface area contributed by atoms with Crippen LogP contribution in [-0.4, -0.2) is 26.0 Å². The van der Waals surface area contributed by atoms with Crippen LogP contribution < -0.4 is 15.6 Å². The molecule has 0 unspecified atom stereocenters. The van der Waals surface area contributed by atoms with Gasteiger partial charge in [-0.25, -0.2) is 18.4 Å². The summed E-state index contributed by atoms with van der Waals surface area (Å²) in [6, 6.07) is 16.1. The predicted molar refractivity (Wildman–Crippen MR) is 124 cm³/mol. The van der Waals surface area contributed by atoms with Crippen molar-refractivity contribution >= 4 is 39.0 Å². The molecule has 0 bridgehead atoms. The molecule has 0 radical (unpaired) electrons. The highest BCUT2D eigenvalue weighted by molar-refractivity contribution is 7.89. The first-order valence-corrected chi connectivity index (χ1v) is 12.0. The number of ether oxygens (including phenoxy) is 1. The monoisotopic (exact) mass is 473 g/mol. The molecule has 0 spiro atoms. The van der Waals surface area contributed by atoms with Gasteiger partial charge in [0.25, 0.3) is 5.91 Å². The van der Waals surface area contributed by atoms with E-state index in [0.29, 0.717) is 5.69 Å². The lowest BCUT2D eigenvalue weighted by Crippen LogP contribution is -2.48. The molecule has 168 valence electrons. The Hall–Kier alpha value is -3.21. The smallest absolute Gasteiger partial charge is 0.434 e. The summed E-state index contributed by atoms with van der Waals surface area (Å²) in [5.41, 5.74) is 3.25. The highest BCUT2D eigenvalue weighted by Gasteiger charge is 2.26. The first kappa shape index (κ1) is 23.5.